The quantitative estimate of drug-likeness (QED) is 0.291. The molecule has 0 aliphatic heterocycles. The van der Waals surface area contributed by atoms with Gasteiger partial charge in [0.05, 0.1) is 17.0 Å². The maximum Gasteiger partial charge on any atom is 0.255 e. The highest BCUT2D eigenvalue weighted by Crippen LogP contribution is 2.29. The Balaban J connectivity index is 1.42. The minimum Gasteiger partial charge on any atom is -0.384 e. The minimum absolute atomic E-state index is 0.236. The molecule has 4 rings (SSSR count). The van der Waals surface area contributed by atoms with Crippen LogP contribution in [0.1, 0.15) is 21.6 Å². The van der Waals surface area contributed by atoms with E-state index < -0.39 is 0 Å². The number of hydrogen-bond acceptors (Lipinski definition) is 4. The fourth-order valence-electron chi connectivity index (χ4n) is 3.13. The van der Waals surface area contributed by atoms with Crippen molar-refractivity contribution < 1.29 is 4.79 Å². The summed E-state index contributed by atoms with van der Waals surface area (Å²) in [5.74, 6) is 0.190. The van der Waals surface area contributed by atoms with Crippen LogP contribution in [0.2, 0.25) is 5.02 Å². The molecule has 0 spiro atoms. The summed E-state index contributed by atoms with van der Waals surface area (Å²) in [5.41, 5.74) is 10.5. The molecule has 0 radical (unpaired) electrons. The molecular formula is C24H21ClN6O. The Morgan fingerprint density at radius 2 is 1.91 bits per heavy atom. The van der Waals surface area contributed by atoms with E-state index in [0.717, 1.165) is 28.9 Å². The predicted molar refractivity (Wildman–Crippen MR) is 127 cm³/mol. The third kappa shape index (κ3) is 5.19. The van der Waals surface area contributed by atoms with Crippen molar-refractivity contribution >= 4 is 29.0 Å². The molecule has 2 aromatic heterocycles. The molecule has 0 aliphatic carbocycles. The predicted octanol–water partition coefficient (Wildman–Crippen LogP) is 4.33. The number of carbonyl (C=O) groups excluding carboxylic acids is 1. The van der Waals surface area contributed by atoms with Gasteiger partial charge in [0.2, 0.25) is 0 Å². The lowest BCUT2D eigenvalue weighted by molar-refractivity contribution is 0.102. The van der Waals surface area contributed by atoms with Gasteiger partial charge in [-0.2, -0.15) is 0 Å². The lowest BCUT2D eigenvalue weighted by atomic mass is 10.1. The molecule has 0 bridgehead atoms. The number of aromatic amines is 1. The molecule has 7 nitrogen and oxygen atoms in total. The Labute approximate surface area is 190 Å². The van der Waals surface area contributed by atoms with E-state index in [2.05, 4.69) is 25.3 Å². The van der Waals surface area contributed by atoms with Crippen molar-refractivity contribution in [3.63, 3.8) is 0 Å². The average molecular weight is 445 g/mol. The maximum atomic E-state index is 12.7. The number of carbonyl (C=O) groups is 1. The van der Waals surface area contributed by atoms with Crippen molar-refractivity contribution in [2.75, 3.05) is 11.9 Å². The molecule has 0 atom stereocenters. The van der Waals surface area contributed by atoms with E-state index >= 15 is 0 Å². The highest BCUT2D eigenvalue weighted by molar-refractivity contribution is 6.33. The summed E-state index contributed by atoms with van der Waals surface area (Å²) in [6, 6.07) is 17.9. The van der Waals surface area contributed by atoms with E-state index in [1.807, 2.05) is 18.2 Å². The molecule has 4 N–H and O–H groups in total. The minimum atomic E-state index is -0.236. The van der Waals surface area contributed by atoms with E-state index in [4.69, 9.17) is 17.3 Å². The highest BCUT2D eigenvalue weighted by atomic mass is 35.5. The molecular weight excluding hydrogens is 424 g/mol. The first-order valence-electron chi connectivity index (χ1n) is 10.00. The largest absolute Gasteiger partial charge is 0.384 e. The smallest absolute Gasteiger partial charge is 0.255 e. The van der Waals surface area contributed by atoms with Crippen LogP contribution in [0.3, 0.4) is 0 Å². The molecule has 0 saturated carbocycles. The SMILES string of the molecule is NC(=NCCc1cnc[nH]1)c1ccc(C(=O)Nc2ccc(Cl)c(-c3ccccn3)c2)cc1. The number of benzene rings is 2. The summed E-state index contributed by atoms with van der Waals surface area (Å²) in [7, 11) is 0. The molecule has 4 aromatic rings. The number of pyridine rings is 1. The second-order valence-corrected chi connectivity index (χ2v) is 7.44. The molecule has 1 amide bonds. The van der Waals surface area contributed by atoms with Gasteiger partial charge in [-0.1, -0.05) is 29.8 Å². The molecule has 0 saturated heterocycles. The Hall–Kier alpha value is -3.97. The van der Waals surface area contributed by atoms with Crippen molar-refractivity contribution in [1.29, 1.82) is 0 Å². The molecule has 2 aromatic carbocycles. The second-order valence-electron chi connectivity index (χ2n) is 7.03. The van der Waals surface area contributed by atoms with Crippen LogP contribution in [0, 0.1) is 0 Å². The van der Waals surface area contributed by atoms with Crippen LogP contribution >= 0.6 is 11.6 Å². The third-order valence-corrected chi connectivity index (χ3v) is 5.16. The standard InChI is InChI=1S/C24H21ClN6O/c25-21-9-8-18(13-20(21)22-3-1-2-11-28-22)31-24(32)17-6-4-16(5-7-17)23(26)29-12-10-19-14-27-15-30-19/h1-9,11,13-15H,10,12H2,(H2,26,29)(H,27,30)(H,31,32). The Kier molecular flexibility index (Phi) is 6.57. The van der Waals surface area contributed by atoms with Crippen molar-refractivity contribution in [2.45, 2.75) is 6.42 Å². The molecule has 8 heteroatoms. The van der Waals surface area contributed by atoms with Crippen LogP contribution in [0.15, 0.2) is 84.4 Å². The van der Waals surface area contributed by atoms with Gasteiger partial charge in [0.15, 0.2) is 0 Å². The maximum absolute atomic E-state index is 12.7. The summed E-state index contributed by atoms with van der Waals surface area (Å²) >= 11 is 6.32. The summed E-state index contributed by atoms with van der Waals surface area (Å²) in [6.45, 7) is 0.547. The first kappa shape index (κ1) is 21.3. The van der Waals surface area contributed by atoms with Crippen molar-refractivity contribution in [3.05, 3.63) is 101 Å². The number of nitrogens with two attached hydrogens (primary N) is 1. The average Bonchev–Trinajstić information content (AvgIpc) is 3.34. The van der Waals surface area contributed by atoms with Gasteiger partial charge in [-0.25, -0.2) is 4.98 Å². The number of anilines is 1. The third-order valence-electron chi connectivity index (χ3n) is 4.83. The van der Waals surface area contributed by atoms with Crippen LogP contribution in [0.4, 0.5) is 5.69 Å². The normalized spacial score (nSPS) is 11.3. The van der Waals surface area contributed by atoms with Gasteiger partial charge in [0.25, 0.3) is 5.91 Å². The lowest BCUT2D eigenvalue weighted by Crippen LogP contribution is -2.16. The molecule has 32 heavy (non-hydrogen) atoms. The first-order chi connectivity index (χ1) is 15.6. The Bertz CT molecular complexity index is 1220. The summed E-state index contributed by atoms with van der Waals surface area (Å²) in [4.78, 5) is 28.4. The van der Waals surface area contributed by atoms with Gasteiger partial charge in [0, 0.05) is 53.4 Å². The molecule has 0 aliphatic rings. The number of hydrogen-bond donors (Lipinski definition) is 3. The summed E-state index contributed by atoms with van der Waals surface area (Å²) in [6.07, 6.45) is 5.82. The van der Waals surface area contributed by atoms with Crippen molar-refractivity contribution in [2.24, 2.45) is 10.7 Å². The van der Waals surface area contributed by atoms with E-state index in [1.165, 1.54) is 0 Å². The monoisotopic (exact) mass is 444 g/mol. The number of halogens is 1. The fraction of sp³-hybridized carbons (Fsp3) is 0.0833. The zero-order valence-electron chi connectivity index (χ0n) is 17.1. The van der Waals surface area contributed by atoms with Gasteiger partial charge in [-0.15, -0.1) is 0 Å². The molecule has 0 fully saturated rings. The topological polar surface area (TPSA) is 109 Å². The molecule has 0 unspecified atom stereocenters. The van der Waals surface area contributed by atoms with Gasteiger partial charge in [-0.05, 0) is 42.5 Å². The number of nitrogens with zero attached hydrogens (tertiary/aromatic N) is 3. The lowest BCUT2D eigenvalue weighted by Gasteiger charge is -2.10. The summed E-state index contributed by atoms with van der Waals surface area (Å²) in [5, 5.41) is 3.46. The number of nitrogens with one attached hydrogen (secondary N) is 2. The highest BCUT2D eigenvalue weighted by Gasteiger charge is 2.10. The van der Waals surface area contributed by atoms with Crippen molar-refractivity contribution in [1.82, 2.24) is 15.0 Å². The number of H-pyrrole nitrogens is 1. The number of rotatable bonds is 7. The number of aromatic nitrogens is 3. The van der Waals surface area contributed by atoms with E-state index in [9.17, 15) is 4.79 Å². The van der Waals surface area contributed by atoms with Crippen LogP contribution in [-0.4, -0.2) is 33.2 Å². The number of amidine groups is 1. The Morgan fingerprint density at radius 1 is 1.09 bits per heavy atom. The van der Waals surface area contributed by atoms with Crippen LogP contribution in [0.5, 0.6) is 0 Å². The number of aliphatic imine (C=N–C) groups is 1. The molecule has 160 valence electrons. The van der Waals surface area contributed by atoms with E-state index in [1.54, 1.807) is 61.2 Å². The van der Waals surface area contributed by atoms with Gasteiger partial charge < -0.3 is 16.0 Å². The van der Waals surface area contributed by atoms with Crippen LogP contribution < -0.4 is 11.1 Å². The molecule has 2 heterocycles. The van der Waals surface area contributed by atoms with E-state index in [0.29, 0.717) is 28.7 Å². The second kappa shape index (κ2) is 9.89. The van der Waals surface area contributed by atoms with Gasteiger partial charge in [-0.3, -0.25) is 14.8 Å². The zero-order chi connectivity index (χ0) is 22.3. The number of imidazole rings is 1. The van der Waals surface area contributed by atoms with Gasteiger partial charge in [0.1, 0.15) is 5.84 Å². The first-order valence-corrected chi connectivity index (χ1v) is 10.4. The van der Waals surface area contributed by atoms with Gasteiger partial charge >= 0.3 is 0 Å². The fourth-order valence-corrected chi connectivity index (χ4v) is 3.34. The van der Waals surface area contributed by atoms with Crippen LogP contribution in [0.25, 0.3) is 11.3 Å². The van der Waals surface area contributed by atoms with E-state index in [-0.39, 0.29) is 5.91 Å². The van der Waals surface area contributed by atoms with Crippen molar-refractivity contribution in [3.8, 4) is 11.3 Å². The van der Waals surface area contributed by atoms with Crippen LogP contribution in [-0.2, 0) is 6.42 Å². The Morgan fingerprint density at radius 3 is 2.62 bits per heavy atom. The zero-order valence-corrected chi connectivity index (χ0v) is 17.9. The number of amides is 1. The summed E-state index contributed by atoms with van der Waals surface area (Å²) < 4.78 is 0.